The fraction of sp³-hybridized carbons (Fsp3) is 0.0909. The van der Waals surface area contributed by atoms with E-state index in [0.29, 0.717) is 5.69 Å². The quantitative estimate of drug-likeness (QED) is 0.564. The zero-order valence-electron chi connectivity index (χ0n) is 15.8. The van der Waals surface area contributed by atoms with Gasteiger partial charge in [-0.05, 0) is 54.6 Å². The SMILES string of the molecule is CN(C)c1ccc(NC(=O)c2ccc3c(c2)S(=O)(=O)c2ccccc2C3=O)cc1. The number of nitrogens with zero attached hydrogens (tertiary/aromatic N) is 1. The number of fused-ring (bicyclic) bond motifs is 2. The number of carbonyl (C=O) groups is 2. The number of rotatable bonds is 3. The van der Waals surface area contributed by atoms with Crippen LogP contribution in [-0.4, -0.2) is 34.2 Å². The average molecular weight is 406 g/mol. The maximum atomic E-state index is 13.0. The van der Waals surface area contributed by atoms with Crippen molar-refractivity contribution in [3.8, 4) is 0 Å². The Morgan fingerprint density at radius 1 is 0.862 bits per heavy atom. The Morgan fingerprint density at radius 3 is 2.21 bits per heavy atom. The van der Waals surface area contributed by atoms with Gasteiger partial charge in [-0.3, -0.25) is 9.59 Å². The number of benzene rings is 3. The predicted octanol–water partition coefficient (Wildman–Crippen LogP) is 3.38. The number of carbonyl (C=O) groups excluding carboxylic acids is 2. The highest BCUT2D eigenvalue weighted by Crippen LogP contribution is 2.34. The molecule has 0 bridgehead atoms. The van der Waals surface area contributed by atoms with Crippen LogP contribution in [0.5, 0.6) is 0 Å². The first-order valence-electron chi connectivity index (χ1n) is 8.90. The minimum Gasteiger partial charge on any atom is -0.378 e. The molecule has 4 rings (SSSR count). The third-order valence-corrected chi connectivity index (χ3v) is 6.69. The van der Waals surface area contributed by atoms with Crippen molar-refractivity contribution in [2.45, 2.75) is 9.79 Å². The lowest BCUT2D eigenvalue weighted by molar-refractivity contribution is 0.101. The molecule has 1 amide bonds. The van der Waals surface area contributed by atoms with Crippen LogP contribution in [0.2, 0.25) is 0 Å². The zero-order valence-corrected chi connectivity index (χ0v) is 16.7. The van der Waals surface area contributed by atoms with E-state index in [-0.39, 0.29) is 32.3 Å². The summed E-state index contributed by atoms with van der Waals surface area (Å²) in [5.41, 5.74) is 1.97. The molecule has 146 valence electrons. The minimum atomic E-state index is -3.88. The van der Waals surface area contributed by atoms with E-state index >= 15 is 0 Å². The van der Waals surface area contributed by atoms with Crippen LogP contribution in [0, 0.1) is 0 Å². The van der Waals surface area contributed by atoms with Crippen LogP contribution in [0.1, 0.15) is 26.3 Å². The molecule has 0 atom stereocenters. The van der Waals surface area contributed by atoms with Crippen LogP contribution in [0.3, 0.4) is 0 Å². The highest BCUT2D eigenvalue weighted by molar-refractivity contribution is 7.91. The van der Waals surface area contributed by atoms with Crippen molar-refractivity contribution in [1.82, 2.24) is 0 Å². The number of anilines is 2. The molecule has 7 heteroatoms. The molecule has 0 radical (unpaired) electrons. The van der Waals surface area contributed by atoms with Crippen molar-refractivity contribution < 1.29 is 18.0 Å². The van der Waals surface area contributed by atoms with Gasteiger partial charge in [-0.15, -0.1) is 0 Å². The lowest BCUT2D eigenvalue weighted by Gasteiger charge is -2.19. The molecule has 29 heavy (non-hydrogen) atoms. The number of sulfone groups is 1. The molecular formula is C22H18N2O4S. The maximum absolute atomic E-state index is 13.0. The van der Waals surface area contributed by atoms with E-state index in [1.807, 2.05) is 31.1 Å². The van der Waals surface area contributed by atoms with Gasteiger partial charge in [-0.25, -0.2) is 8.42 Å². The third-order valence-electron chi connectivity index (χ3n) is 4.84. The molecule has 0 spiro atoms. The number of amides is 1. The van der Waals surface area contributed by atoms with Gasteiger partial charge < -0.3 is 10.2 Å². The Morgan fingerprint density at radius 2 is 1.52 bits per heavy atom. The van der Waals surface area contributed by atoms with Gasteiger partial charge in [0.05, 0.1) is 9.79 Å². The summed E-state index contributed by atoms with van der Waals surface area (Å²) in [4.78, 5) is 27.1. The van der Waals surface area contributed by atoms with Crippen LogP contribution in [0.25, 0.3) is 0 Å². The van der Waals surface area contributed by atoms with Gasteiger partial charge in [0.1, 0.15) is 0 Å². The standard InChI is InChI=1S/C22H18N2O4S/c1-24(2)16-10-8-15(9-11-16)23-22(26)14-7-12-18-20(13-14)29(27,28)19-6-4-3-5-17(19)21(18)25/h3-13H,1-2H3,(H,23,26). The number of hydrogen-bond donors (Lipinski definition) is 1. The summed E-state index contributed by atoms with van der Waals surface area (Å²) in [5.74, 6) is -0.816. The highest BCUT2D eigenvalue weighted by Gasteiger charge is 2.35. The van der Waals surface area contributed by atoms with Crippen molar-refractivity contribution in [1.29, 1.82) is 0 Å². The molecule has 6 nitrogen and oxygen atoms in total. The van der Waals surface area contributed by atoms with Crippen molar-refractivity contribution >= 4 is 32.9 Å². The number of nitrogens with one attached hydrogen (secondary N) is 1. The molecule has 3 aromatic rings. The lowest BCUT2D eigenvalue weighted by Crippen LogP contribution is -2.21. The summed E-state index contributed by atoms with van der Waals surface area (Å²) in [5, 5.41) is 2.75. The number of ketones is 1. The van der Waals surface area contributed by atoms with Gasteiger partial charge in [0, 0.05) is 42.2 Å². The Kier molecular flexibility index (Phi) is 4.47. The highest BCUT2D eigenvalue weighted by atomic mass is 32.2. The zero-order chi connectivity index (χ0) is 20.8. The van der Waals surface area contributed by atoms with Crippen molar-refractivity contribution in [2.24, 2.45) is 0 Å². The topological polar surface area (TPSA) is 83.6 Å². The molecule has 0 saturated carbocycles. The molecule has 0 aromatic heterocycles. The minimum absolute atomic E-state index is 0.0330. The smallest absolute Gasteiger partial charge is 0.255 e. The van der Waals surface area contributed by atoms with Gasteiger partial charge in [0.15, 0.2) is 5.78 Å². The van der Waals surface area contributed by atoms with E-state index in [1.165, 1.54) is 30.3 Å². The van der Waals surface area contributed by atoms with Crippen molar-refractivity contribution in [2.75, 3.05) is 24.3 Å². The Hall–Kier alpha value is -3.45. The summed E-state index contributed by atoms with van der Waals surface area (Å²) in [6, 6.07) is 17.5. The van der Waals surface area contributed by atoms with E-state index in [0.717, 1.165) is 5.69 Å². The first kappa shape index (κ1) is 18.9. The van der Waals surface area contributed by atoms with Gasteiger partial charge in [-0.2, -0.15) is 0 Å². The normalized spacial score (nSPS) is 13.9. The van der Waals surface area contributed by atoms with Gasteiger partial charge in [-0.1, -0.05) is 12.1 Å². The molecule has 0 aliphatic carbocycles. The maximum Gasteiger partial charge on any atom is 0.255 e. The molecule has 0 saturated heterocycles. The van der Waals surface area contributed by atoms with Gasteiger partial charge >= 0.3 is 0 Å². The molecule has 1 heterocycles. The first-order chi connectivity index (χ1) is 13.8. The summed E-state index contributed by atoms with van der Waals surface area (Å²) in [6.45, 7) is 0. The van der Waals surface area contributed by atoms with E-state index in [9.17, 15) is 18.0 Å². The average Bonchev–Trinajstić information content (AvgIpc) is 2.72. The summed E-state index contributed by atoms with van der Waals surface area (Å²) in [7, 11) is -0.0502. The third kappa shape index (κ3) is 3.19. The second-order valence-corrected chi connectivity index (χ2v) is 8.82. The van der Waals surface area contributed by atoms with Crippen LogP contribution in [-0.2, 0) is 9.84 Å². The Balaban J connectivity index is 1.68. The molecular weight excluding hydrogens is 388 g/mol. The second kappa shape index (κ2) is 6.86. The van der Waals surface area contributed by atoms with Crippen LogP contribution in [0.15, 0.2) is 76.5 Å². The first-order valence-corrected chi connectivity index (χ1v) is 10.4. The van der Waals surface area contributed by atoms with E-state index < -0.39 is 15.7 Å². The van der Waals surface area contributed by atoms with Crippen molar-refractivity contribution in [3.63, 3.8) is 0 Å². The van der Waals surface area contributed by atoms with Gasteiger partial charge in [0.2, 0.25) is 9.84 Å². The van der Waals surface area contributed by atoms with E-state index in [4.69, 9.17) is 0 Å². The van der Waals surface area contributed by atoms with Crippen LogP contribution < -0.4 is 10.2 Å². The fourth-order valence-corrected chi connectivity index (χ4v) is 4.95. The fourth-order valence-electron chi connectivity index (χ4n) is 3.27. The Labute approximate surface area is 168 Å². The molecule has 0 fully saturated rings. The monoisotopic (exact) mass is 406 g/mol. The van der Waals surface area contributed by atoms with Gasteiger partial charge in [0.25, 0.3) is 5.91 Å². The van der Waals surface area contributed by atoms with Crippen LogP contribution in [0.4, 0.5) is 11.4 Å². The van der Waals surface area contributed by atoms with E-state index in [1.54, 1.807) is 24.3 Å². The summed E-state index contributed by atoms with van der Waals surface area (Å²) in [6.07, 6.45) is 0. The molecule has 3 aromatic carbocycles. The van der Waals surface area contributed by atoms with E-state index in [2.05, 4.69) is 5.32 Å². The Bertz CT molecular complexity index is 1250. The second-order valence-electron chi connectivity index (χ2n) is 6.94. The summed E-state index contributed by atoms with van der Waals surface area (Å²) >= 11 is 0. The summed E-state index contributed by atoms with van der Waals surface area (Å²) < 4.78 is 26.0. The van der Waals surface area contributed by atoms with Crippen LogP contribution >= 0.6 is 0 Å². The largest absolute Gasteiger partial charge is 0.378 e. The molecule has 1 aliphatic rings. The predicted molar refractivity (Wildman–Crippen MR) is 110 cm³/mol. The molecule has 0 unspecified atom stereocenters. The number of hydrogen-bond acceptors (Lipinski definition) is 5. The molecule has 1 N–H and O–H groups in total. The van der Waals surface area contributed by atoms with Crippen molar-refractivity contribution in [3.05, 3.63) is 83.4 Å². The molecule has 1 aliphatic heterocycles. The lowest BCUT2D eigenvalue weighted by atomic mass is 10.0.